The van der Waals surface area contributed by atoms with Crippen LogP contribution in [0.5, 0.6) is 0 Å². The molecule has 0 unspecified atom stereocenters. The minimum atomic E-state index is -3.72. The molecule has 1 aromatic heterocycles. The summed E-state index contributed by atoms with van der Waals surface area (Å²) in [5.41, 5.74) is -0.599. The molecule has 1 fully saturated rings. The molecule has 1 aliphatic rings. The smallest absolute Gasteiger partial charge is 0.316 e. The van der Waals surface area contributed by atoms with Crippen LogP contribution in [-0.2, 0) is 28.7 Å². The number of nitrogens with one attached hydrogen (secondary N) is 1. The van der Waals surface area contributed by atoms with Crippen molar-refractivity contribution in [3.63, 3.8) is 0 Å². The molecule has 0 saturated heterocycles. The van der Waals surface area contributed by atoms with E-state index in [4.69, 9.17) is 0 Å². The molecular formula is C20H27N3O5S. The van der Waals surface area contributed by atoms with Crippen LogP contribution in [-0.4, -0.2) is 35.3 Å². The van der Waals surface area contributed by atoms with Crippen molar-refractivity contribution >= 4 is 26.8 Å². The molecule has 3 rings (SSSR count). The molecule has 29 heavy (non-hydrogen) atoms. The van der Waals surface area contributed by atoms with E-state index in [1.54, 1.807) is 0 Å². The molecule has 1 amide bonds. The molecule has 1 saturated carbocycles. The van der Waals surface area contributed by atoms with Crippen LogP contribution in [0.25, 0.3) is 11.0 Å². The second-order valence-electron chi connectivity index (χ2n) is 7.88. The lowest BCUT2D eigenvalue weighted by Crippen LogP contribution is -2.41. The first-order valence-corrected chi connectivity index (χ1v) is 11.5. The van der Waals surface area contributed by atoms with Crippen LogP contribution in [0.3, 0.4) is 0 Å². The number of hydrogen-bond acceptors (Lipinski definition) is 5. The standard InChI is InChI=1S/C20H27N3O5S/c1-13-6-4-5-7-15(13)21-18(24)10-11-29(27,28)14-8-9-16-17(12-14)23(3)20(26)19(25)22(16)2/h8-9,12-13,15H,4-7,10-11H2,1-3H3,(H,21,24)/t13-,15+/m0/s1. The first-order valence-electron chi connectivity index (χ1n) is 9.83. The summed E-state index contributed by atoms with van der Waals surface area (Å²) in [4.78, 5) is 36.2. The molecule has 1 aliphatic carbocycles. The van der Waals surface area contributed by atoms with E-state index in [-0.39, 0.29) is 29.0 Å². The SMILES string of the molecule is C[C@H]1CCCC[C@H]1NC(=O)CCS(=O)(=O)c1ccc2c(c1)n(C)c(=O)c(=O)n2C. The highest BCUT2D eigenvalue weighted by Crippen LogP contribution is 2.24. The van der Waals surface area contributed by atoms with Crippen LogP contribution < -0.4 is 16.4 Å². The molecule has 0 spiro atoms. The zero-order valence-corrected chi connectivity index (χ0v) is 17.8. The molecule has 1 aromatic carbocycles. The number of carbonyl (C=O) groups is 1. The summed E-state index contributed by atoms with van der Waals surface area (Å²) < 4.78 is 27.8. The fourth-order valence-corrected chi connectivity index (χ4v) is 5.17. The third kappa shape index (κ3) is 4.29. The quantitative estimate of drug-likeness (QED) is 0.728. The Balaban J connectivity index is 1.79. The van der Waals surface area contributed by atoms with Crippen molar-refractivity contribution in [2.45, 2.75) is 50.0 Å². The topological polar surface area (TPSA) is 107 Å². The Labute approximate surface area is 169 Å². The maximum atomic E-state index is 12.7. The molecule has 8 nitrogen and oxygen atoms in total. The van der Waals surface area contributed by atoms with Crippen LogP contribution in [0.15, 0.2) is 32.7 Å². The Hall–Kier alpha value is -2.42. The number of aryl methyl sites for hydroxylation is 2. The minimum absolute atomic E-state index is 0.0254. The van der Waals surface area contributed by atoms with Crippen molar-refractivity contribution in [1.29, 1.82) is 0 Å². The number of fused-ring (bicyclic) bond motifs is 1. The fraction of sp³-hybridized carbons (Fsp3) is 0.550. The first-order chi connectivity index (χ1) is 13.6. The monoisotopic (exact) mass is 421 g/mol. The third-order valence-electron chi connectivity index (χ3n) is 5.88. The number of carbonyl (C=O) groups excluding carboxylic acids is 1. The highest BCUT2D eigenvalue weighted by atomic mass is 32.2. The number of nitrogens with zero attached hydrogens (tertiary/aromatic N) is 2. The number of hydrogen-bond donors (Lipinski definition) is 1. The van der Waals surface area contributed by atoms with Crippen molar-refractivity contribution in [1.82, 2.24) is 14.5 Å². The molecule has 2 atom stereocenters. The molecule has 1 N–H and O–H groups in total. The van der Waals surface area contributed by atoms with Gasteiger partial charge < -0.3 is 14.5 Å². The lowest BCUT2D eigenvalue weighted by molar-refractivity contribution is -0.122. The van der Waals surface area contributed by atoms with E-state index in [0.717, 1.165) is 30.3 Å². The average molecular weight is 422 g/mol. The predicted octanol–water partition coefficient (Wildman–Crippen LogP) is 1.10. The Morgan fingerprint density at radius 3 is 2.34 bits per heavy atom. The third-order valence-corrected chi connectivity index (χ3v) is 7.59. The van der Waals surface area contributed by atoms with Gasteiger partial charge >= 0.3 is 11.1 Å². The largest absolute Gasteiger partial charge is 0.353 e. The summed E-state index contributed by atoms with van der Waals surface area (Å²) in [5, 5.41) is 2.97. The Kier molecular flexibility index (Phi) is 5.97. The van der Waals surface area contributed by atoms with Gasteiger partial charge in [-0.3, -0.25) is 14.4 Å². The van der Waals surface area contributed by atoms with Crippen LogP contribution >= 0.6 is 0 Å². The number of benzene rings is 1. The molecule has 0 radical (unpaired) electrons. The van der Waals surface area contributed by atoms with Gasteiger partial charge in [-0.05, 0) is 37.0 Å². The maximum Gasteiger partial charge on any atom is 0.316 e. The highest BCUT2D eigenvalue weighted by Gasteiger charge is 2.24. The van der Waals surface area contributed by atoms with Gasteiger partial charge in [-0.25, -0.2) is 8.42 Å². The summed E-state index contributed by atoms with van der Waals surface area (Å²) in [7, 11) is -0.816. The Bertz CT molecular complexity index is 1160. The van der Waals surface area contributed by atoms with E-state index in [0.29, 0.717) is 17.0 Å². The van der Waals surface area contributed by atoms with E-state index < -0.39 is 21.0 Å². The molecule has 1 heterocycles. The molecule has 2 aromatic rings. The number of aromatic nitrogens is 2. The summed E-state index contributed by atoms with van der Waals surface area (Å²) in [6, 6.07) is 4.40. The zero-order valence-electron chi connectivity index (χ0n) is 17.0. The van der Waals surface area contributed by atoms with E-state index in [1.165, 1.54) is 36.9 Å². The van der Waals surface area contributed by atoms with Gasteiger partial charge in [0.2, 0.25) is 5.91 Å². The Morgan fingerprint density at radius 2 is 1.69 bits per heavy atom. The second-order valence-corrected chi connectivity index (χ2v) is 9.99. The summed E-state index contributed by atoms with van der Waals surface area (Å²) in [6.45, 7) is 2.10. The van der Waals surface area contributed by atoms with Gasteiger partial charge in [-0.1, -0.05) is 19.8 Å². The first kappa shape index (κ1) is 21.3. The van der Waals surface area contributed by atoms with Gasteiger partial charge in [0, 0.05) is 26.6 Å². The minimum Gasteiger partial charge on any atom is -0.353 e. The van der Waals surface area contributed by atoms with Crippen LogP contribution in [0.4, 0.5) is 0 Å². The second kappa shape index (κ2) is 8.14. The average Bonchev–Trinajstić information content (AvgIpc) is 2.70. The van der Waals surface area contributed by atoms with Crippen LogP contribution in [0, 0.1) is 5.92 Å². The van der Waals surface area contributed by atoms with E-state index in [2.05, 4.69) is 12.2 Å². The highest BCUT2D eigenvalue weighted by molar-refractivity contribution is 7.91. The van der Waals surface area contributed by atoms with Gasteiger partial charge in [-0.15, -0.1) is 0 Å². The number of amides is 1. The predicted molar refractivity (Wildman–Crippen MR) is 111 cm³/mol. The summed E-state index contributed by atoms with van der Waals surface area (Å²) >= 11 is 0. The van der Waals surface area contributed by atoms with Crippen molar-refractivity contribution in [2.75, 3.05) is 5.75 Å². The van der Waals surface area contributed by atoms with Gasteiger partial charge in [0.1, 0.15) is 0 Å². The molecule has 0 bridgehead atoms. The van der Waals surface area contributed by atoms with Crippen LogP contribution in [0.2, 0.25) is 0 Å². The Morgan fingerprint density at radius 1 is 1.07 bits per heavy atom. The van der Waals surface area contributed by atoms with Crippen molar-refractivity contribution in [3.05, 3.63) is 38.9 Å². The fourth-order valence-electron chi connectivity index (χ4n) is 3.91. The van der Waals surface area contributed by atoms with Crippen molar-refractivity contribution in [2.24, 2.45) is 20.0 Å². The van der Waals surface area contributed by atoms with Crippen molar-refractivity contribution in [3.8, 4) is 0 Å². The van der Waals surface area contributed by atoms with Crippen molar-refractivity contribution < 1.29 is 13.2 Å². The van der Waals surface area contributed by atoms with Crippen LogP contribution in [0.1, 0.15) is 39.0 Å². The van der Waals surface area contributed by atoms with E-state index >= 15 is 0 Å². The summed E-state index contributed by atoms with van der Waals surface area (Å²) in [5.74, 6) is -0.175. The van der Waals surface area contributed by atoms with E-state index in [1.807, 2.05) is 0 Å². The maximum absolute atomic E-state index is 12.7. The normalized spacial score (nSPS) is 20.0. The lowest BCUT2D eigenvalue weighted by atomic mass is 9.86. The zero-order chi connectivity index (χ0) is 21.3. The number of sulfone groups is 1. The summed E-state index contributed by atoms with van der Waals surface area (Å²) in [6.07, 6.45) is 4.12. The lowest BCUT2D eigenvalue weighted by Gasteiger charge is -2.29. The van der Waals surface area contributed by atoms with Gasteiger partial charge in [0.15, 0.2) is 9.84 Å². The molecular weight excluding hydrogens is 394 g/mol. The molecule has 9 heteroatoms. The van der Waals surface area contributed by atoms with Gasteiger partial charge in [0.05, 0.1) is 21.7 Å². The van der Waals surface area contributed by atoms with Gasteiger partial charge in [-0.2, -0.15) is 0 Å². The van der Waals surface area contributed by atoms with E-state index in [9.17, 15) is 22.8 Å². The molecule has 0 aliphatic heterocycles. The van der Waals surface area contributed by atoms with Gasteiger partial charge in [0.25, 0.3) is 0 Å². The molecule has 158 valence electrons. The number of rotatable bonds is 5.